The third-order valence-electron chi connectivity index (χ3n) is 5.91. The Kier molecular flexibility index (Phi) is 7.61. The Morgan fingerprint density at radius 1 is 1.17 bits per heavy atom. The molecule has 35 heavy (non-hydrogen) atoms. The third-order valence-corrected chi connectivity index (χ3v) is 5.91. The summed E-state index contributed by atoms with van der Waals surface area (Å²) >= 11 is 0. The van der Waals surface area contributed by atoms with Crippen molar-refractivity contribution >= 4 is 29.5 Å². The highest BCUT2D eigenvalue weighted by Crippen LogP contribution is 2.33. The van der Waals surface area contributed by atoms with E-state index in [0.29, 0.717) is 13.2 Å². The average molecular weight is 489 g/mol. The van der Waals surface area contributed by atoms with Gasteiger partial charge in [-0.1, -0.05) is 19.9 Å². The zero-order chi connectivity index (χ0) is 26.0. The van der Waals surface area contributed by atoms with Crippen LogP contribution in [0.4, 0.5) is 0 Å². The van der Waals surface area contributed by atoms with Gasteiger partial charge in [0.15, 0.2) is 6.61 Å². The lowest BCUT2D eigenvalue weighted by Gasteiger charge is -2.31. The van der Waals surface area contributed by atoms with Crippen LogP contribution in [0.15, 0.2) is 18.2 Å². The number of hydrogen-bond donors (Lipinski definition) is 3. The maximum Gasteiger partial charge on any atom is 0.266 e. The number of nitrogens with zero attached hydrogens (tertiary/aromatic N) is 1. The molecule has 0 aromatic heterocycles. The molecular formula is C24H32N4O7. The van der Waals surface area contributed by atoms with Crippen molar-refractivity contribution in [3.05, 3.63) is 29.3 Å². The highest BCUT2D eigenvalue weighted by molar-refractivity contribution is 6.24. The van der Waals surface area contributed by atoms with Gasteiger partial charge in [0.05, 0.1) is 23.3 Å². The van der Waals surface area contributed by atoms with Crippen LogP contribution in [-0.4, -0.2) is 72.4 Å². The Labute approximate surface area is 203 Å². The molecule has 2 aliphatic heterocycles. The first-order valence-corrected chi connectivity index (χ1v) is 11.4. The van der Waals surface area contributed by atoms with Gasteiger partial charge in [-0.25, -0.2) is 0 Å². The summed E-state index contributed by atoms with van der Waals surface area (Å²) in [4.78, 5) is 62.8. The molecule has 1 aromatic carbocycles. The van der Waals surface area contributed by atoms with E-state index in [1.54, 1.807) is 0 Å². The highest BCUT2D eigenvalue weighted by Gasteiger charge is 2.46. The predicted molar refractivity (Wildman–Crippen MR) is 124 cm³/mol. The minimum absolute atomic E-state index is 0.0114. The van der Waals surface area contributed by atoms with Gasteiger partial charge in [0.2, 0.25) is 11.8 Å². The van der Waals surface area contributed by atoms with Crippen molar-refractivity contribution in [2.24, 2.45) is 11.1 Å². The number of carbonyl (C=O) groups excluding carboxylic acids is 5. The fourth-order valence-electron chi connectivity index (χ4n) is 3.61. The van der Waals surface area contributed by atoms with E-state index in [-0.39, 0.29) is 48.3 Å². The van der Waals surface area contributed by atoms with Gasteiger partial charge in [-0.15, -0.1) is 0 Å². The standard InChI is InChI=1S/C24H32N4O7/c1-23(2,11-25)13-35-24(3,4)12-26-18(30)10-34-16-7-5-6-14-19(16)22(33)28(21(14)32)15-8-9-17(29)27-20(15)31/h5-7,15H,8-13,25H2,1-4H3,(H,26,30)(H,27,29,31). The van der Waals surface area contributed by atoms with Crippen LogP contribution in [-0.2, 0) is 19.1 Å². The largest absolute Gasteiger partial charge is 0.483 e. The Balaban J connectivity index is 1.61. The van der Waals surface area contributed by atoms with E-state index in [1.807, 2.05) is 27.7 Å². The maximum absolute atomic E-state index is 13.1. The molecular weight excluding hydrogens is 456 g/mol. The zero-order valence-corrected chi connectivity index (χ0v) is 20.4. The Morgan fingerprint density at radius 3 is 2.54 bits per heavy atom. The molecule has 1 atom stereocenters. The first-order valence-electron chi connectivity index (χ1n) is 11.4. The Hall–Kier alpha value is -3.31. The van der Waals surface area contributed by atoms with Gasteiger partial charge in [0.25, 0.3) is 17.7 Å². The molecule has 4 N–H and O–H groups in total. The summed E-state index contributed by atoms with van der Waals surface area (Å²) in [6.45, 7) is 8.40. The molecule has 3 rings (SSSR count). The van der Waals surface area contributed by atoms with E-state index >= 15 is 0 Å². The van der Waals surface area contributed by atoms with Gasteiger partial charge in [0.1, 0.15) is 11.8 Å². The number of nitrogens with one attached hydrogen (secondary N) is 2. The summed E-state index contributed by atoms with van der Waals surface area (Å²) in [7, 11) is 0. The lowest BCUT2D eigenvalue weighted by Crippen LogP contribution is -2.54. The number of fused-ring (bicyclic) bond motifs is 1. The molecule has 2 aliphatic rings. The summed E-state index contributed by atoms with van der Waals surface area (Å²) in [5.41, 5.74) is 4.96. The molecule has 5 amide bonds. The Bertz CT molecular complexity index is 1050. The quantitative estimate of drug-likeness (QED) is 0.399. The topological polar surface area (TPSA) is 157 Å². The zero-order valence-electron chi connectivity index (χ0n) is 20.4. The SMILES string of the molecule is CC(C)(CN)COC(C)(C)CNC(=O)COc1cccc2c1C(=O)N(C1CCC(=O)NC1=O)C2=O. The molecule has 1 saturated heterocycles. The second kappa shape index (κ2) is 10.1. The molecule has 1 fully saturated rings. The van der Waals surface area contributed by atoms with E-state index < -0.39 is 41.2 Å². The van der Waals surface area contributed by atoms with Gasteiger partial charge in [0, 0.05) is 18.4 Å². The van der Waals surface area contributed by atoms with Crippen molar-refractivity contribution in [2.75, 3.05) is 26.3 Å². The van der Waals surface area contributed by atoms with E-state index in [9.17, 15) is 24.0 Å². The fourth-order valence-corrected chi connectivity index (χ4v) is 3.61. The Morgan fingerprint density at radius 2 is 1.89 bits per heavy atom. The average Bonchev–Trinajstić information content (AvgIpc) is 3.06. The van der Waals surface area contributed by atoms with Crippen LogP contribution in [0.2, 0.25) is 0 Å². The molecule has 1 aromatic rings. The molecule has 0 aliphatic carbocycles. The van der Waals surface area contributed by atoms with Crippen molar-refractivity contribution in [3.8, 4) is 5.75 Å². The minimum atomic E-state index is -1.08. The van der Waals surface area contributed by atoms with E-state index in [2.05, 4.69) is 10.6 Å². The van der Waals surface area contributed by atoms with Crippen LogP contribution in [0.5, 0.6) is 5.75 Å². The van der Waals surface area contributed by atoms with Gasteiger partial charge in [-0.05, 0) is 38.9 Å². The summed E-state index contributed by atoms with van der Waals surface area (Å²) in [5.74, 6) is -2.87. The summed E-state index contributed by atoms with van der Waals surface area (Å²) in [6, 6.07) is 3.38. The summed E-state index contributed by atoms with van der Waals surface area (Å²) in [5, 5.41) is 4.89. The summed E-state index contributed by atoms with van der Waals surface area (Å²) < 4.78 is 11.5. The van der Waals surface area contributed by atoms with Crippen molar-refractivity contribution < 1.29 is 33.4 Å². The number of hydrogen-bond acceptors (Lipinski definition) is 8. The molecule has 2 heterocycles. The lowest BCUT2D eigenvalue weighted by atomic mass is 9.95. The van der Waals surface area contributed by atoms with Gasteiger partial charge in [-0.3, -0.25) is 34.2 Å². The number of ether oxygens (including phenoxy) is 2. The number of carbonyl (C=O) groups is 5. The van der Waals surface area contributed by atoms with Gasteiger partial charge in [-0.2, -0.15) is 0 Å². The molecule has 0 spiro atoms. The smallest absolute Gasteiger partial charge is 0.266 e. The van der Waals surface area contributed by atoms with Crippen LogP contribution < -0.4 is 21.1 Å². The predicted octanol–water partition coefficient (Wildman–Crippen LogP) is 0.363. The molecule has 0 saturated carbocycles. The molecule has 190 valence electrons. The highest BCUT2D eigenvalue weighted by atomic mass is 16.5. The monoisotopic (exact) mass is 488 g/mol. The second-order valence-electron chi connectivity index (χ2n) is 10.1. The number of imide groups is 2. The molecule has 11 nitrogen and oxygen atoms in total. The van der Waals surface area contributed by atoms with Crippen molar-refractivity contribution in [1.82, 2.24) is 15.5 Å². The maximum atomic E-state index is 13.1. The van der Waals surface area contributed by atoms with Gasteiger partial charge < -0.3 is 20.5 Å². The number of benzene rings is 1. The lowest BCUT2D eigenvalue weighted by molar-refractivity contribution is -0.136. The van der Waals surface area contributed by atoms with Crippen LogP contribution in [0.3, 0.4) is 0 Å². The number of piperidine rings is 1. The van der Waals surface area contributed by atoms with E-state index in [0.717, 1.165) is 4.90 Å². The van der Waals surface area contributed by atoms with Crippen molar-refractivity contribution in [3.63, 3.8) is 0 Å². The molecule has 0 radical (unpaired) electrons. The normalized spacial score (nSPS) is 18.4. The first-order chi connectivity index (χ1) is 16.3. The van der Waals surface area contributed by atoms with Crippen molar-refractivity contribution in [2.45, 2.75) is 52.2 Å². The number of nitrogens with two attached hydrogens (primary N) is 1. The van der Waals surface area contributed by atoms with Crippen LogP contribution >= 0.6 is 0 Å². The minimum Gasteiger partial charge on any atom is -0.483 e. The second-order valence-corrected chi connectivity index (χ2v) is 10.1. The third kappa shape index (κ3) is 6.04. The summed E-state index contributed by atoms with van der Waals surface area (Å²) in [6.07, 6.45) is 0.0756. The number of amides is 5. The van der Waals surface area contributed by atoms with Crippen LogP contribution in [0.25, 0.3) is 0 Å². The number of rotatable bonds is 10. The first kappa shape index (κ1) is 26.3. The van der Waals surface area contributed by atoms with Crippen molar-refractivity contribution in [1.29, 1.82) is 0 Å². The van der Waals surface area contributed by atoms with E-state index in [1.165, 1.54) is 18.2 Å². The van der Waals surface area contributed by atoms with E-state index in [4.69, 9.17) is 15.2 Å². The van der Waals surface area contributed by atoms with Gasteiger partial charge >= 0.3 is 0 Å². The molecule has 1 unspecified atom stereocenters. The molecule has 0 bridgehead atoms. The van der Waals surface area contributed by atoms with Crippen LogP contribution in [0.1, 0.15) is 61.3 Å². The fraction of sp³-hybridized carbons (Fsp3) is 0.542. The van der Waals surface area contributed by atoms with Crippen LogP contribution in [0, 0.1) is 5.41 Å². The molecule has 11 heteroatoms.